The highest BCUT2D eigenvalue weighted by molar-refractivity contribution is 5.96. The molecule has 0 fully saturated rings. The van der Waals surface area contributed by atoms with E-state index in [1.807, 2.05) is 0 Å². The number of carbonyl (C=O) groups excluding carboxylic acids is 2. The van der Waals surface area contributed by atoms with Crippen molar-refractivity contribution in [2.75, 3.05) is 20.8 Å². The van der Waals surface area contributed by atoms with Crippen LogP contribution in [0.25, 0.3) is 0 Å². The van der Waals surface area contributed by atoms with Gasteiger partial charge >= 0.3 is 17.9 Å². The van der Waals surface area contributed by atoms with Crippen LogP contribution in [0, 0.1) is 0 Å². The van der Waals surface area contributed by atoms with Crippen molar-refractivity contribution in [1.82, 2.24) is 0 Å². The molecule has 0 spiro atoms. The number of carbonyl (C=O) groups is 3. The molecule has 19 heavy (non-hydrogen) atoms. The Bertz CT molecular complexity index is 473. The molecule has 0 aliphatic rings. The minimum atomic E-state index is -1.18. The number of carboxylic acid groups (broad SMARTS) is 1. The van der Waals surface area contributed by atoms with Gasteiger partial charge in [-0.15, -0.1) is 0 Å². The zero-order chi connectivity index (χ0) is 14.4. The molecule has 0 aliphatic carbocycles. The fourth-order valence-corrected chi connectivity index (χ4v) is 1.30. The number of rotatable bonds is 5. The molecule has 0 heterocycles. The van der Waals surface area contributed by atoms with Crippen molar-refractivity contribution in [3.8, 4) is 5.75 Å². The number of ether oxygens (including phenoxy) is 3. The molecular weight excluding hydrogens is 256 g/mol. The first kappa shape index (κ1) is 14.5. The van der Waals surface area contributed by atoms with Crippen LogP contribution in [-0.4, -0.2) is 43.8 Å². The third kappa shape index (κ3) is 3.98. The third-order valence-electron chi connectivity index (χ3n) is 2.11. The molecule has 1 aromatic carbocycles. The Morgan fingerprint density at radius 2 is 1.47 bits per heavy atom. The van der Waals surface area contributed by atoms with Crippen LogP contribution in [0.15, 0.2) is 18.2 Å². The molecule has 102 valence electrons. The lowest BCUT2D eigenvalue weighted by atomic mass is 10.1. The van der Waals surface area contributed by atoms with E-state index in [1.54, 1.807) is 0 Å². The van der Waals surface area contributed by atoms with Crippen molar-refractivity contribution in [1.29, 1.82) is 0 Å². The van der Waals surface area contributed by atoms with Gasteiger partial charge < -0.3 is 19.3 Å². The Labute approximate surface area is 108 Å². The summed E-state index contributed by atoms with van der Waals surface area (Å²) in [5.41, 5.74) is 0.122. The summed E-state index contributed by atoms with van der Waals surface area (Å²) in [7, 11) is 2.37. The van der Waals surface area contributed by atoms with E-state index >= 15 is 0 Å². The van der Waals surface area contributed by atoms with Gasteiger partial charge in [-0.05, 0) is 18.2 Å². The first-order valence-electron chi connectivity index (χ1n) is 5.14. The van der Waals surface area contributed by atoms with E-state index in [2.05, 4.69) is 9.47 Å². The molecule has 0 aromatic heterocycles. The standard InChI is InChI=1S/C12H12O7/c1-17-11(15)7-3-8(12(16)18-2)5-9(4-7)19-6-10(13)14/h3-5H,6H2,1-2H3,(H,13,14). The summed E-state index contributed by atoms with van der Waals surface area (Å²) in [6, 6.07) is 3.83. The van der Waals surface area contributed by atoms with E-state index < -0.39 is 24.5 Å². The van der Waals surface area contributed by atoms with Crippen LogP contribution in [-0.2, 0) is 14.3 Å². The van der Waals surface area contributed by atoms with Crippen molar-refractivity contribution in [2.24, 2.45) is 0 Å². The lowest BCUT2D eigenvalue weighted by Crippen LogP contribution is -2.12. The smallest absolute Gasteiger partial charge is 0.341 e. The van der Waals surface area contributed by atoms with Crippen LogP contribution < -0.4 is 4.74 Å². The number of carboxylic acids is 1. The molecule has 1 N–H and O–H groups in total. The molecule has 0 bridgehead atoms. The zero-order valence-corrected chi connectivity index (χ0v) is 10.3. The highest BCUT2D eigenvalue weighted by atomic mass is 16.5. The summed E-state index contributed by atoms with van der Waals surface area (Å²) in [4.78, 5) is 33.3. The van der Waals surface area contributed by atoms with Gasteiger partial charge in [0.1, 0.15) is 5.75 Å². The van der Waals surface area contributed by atoms with Crippen molar-refractivity contribution < 1.29 is 33.7 Å². The van der Waals surface area contributed by atoms with Gasteiger partial charge in [0.2, 0.25) is 0 Å². The molecule has 0 saturated carbocycles. The maximum absolute atomic E-state index is 11.4. The van der Waals surface area contributed by atoms with Gasteiger partial charge in [-0.1, -0.05) is 0 Å². The molecule has 0 unspecified atom stereocenters. The van der Waals surface area contributed by atoms with Crippen molar-refractivity contribution in [2.45, 2.75) is 0 Å². The first-order chi connectivity index (χ1) is 8.97. The fourth-order valence-electron chi connectivity index (χ4n) is 1.30. The van der Waals surface area contributed by atoms with Gasteiger partial charge in [0.15, 0.2) is 6.61 Å². The van der Waals surface area contributed by atoms with E-state index in [0.717, 1.165) is 0 Å². The van der Waals surface area contributed by atoms with Gasteiger partial charge in [-0.3, -0.25) is 0 Å². The molecule has 7 nitrogen and oxygen atoms in total. The lowest BCUT2D eigenvalue weighted by Gasteiger charge is -2.08. The molecule has 1 rings (SSSR count). The summed E-state index contributed by atoms with van der Waals surface area (Å²) in [5.74, 6) is -2.47. The van der Waals surface area contributed by atoms with Gasteiger partial charge in [-0.25, -0.2) is 14.4 Å². The SMILES string of the molecule is COC(=O)c1cc(OCC(=O)O)cc(C(=O)OC)c1. The third-order valence-corrected chi connectivity index (χ3v) is 2.11. The van der Waals surface area contributed by atoms with Crippen LogP contribution in [0.4, 0.5) is 0 Å². The number of benzene rings is 1. The van der Waals surface area contributed by atoms with E-state index in [0.29, 0.717) is 0 Å². The highest BCUT2D eigenvalue weighted by Gasteiger charge is 2.14. The predicted octanol–water partition coefficient (Wildman–Crippen LogP) is 0.723. The molecule has 0 aliphatic heterocycles. The summed E-state index contributed by atoms with van der Waals surface area (Å²) < 4.78 is 14.0. The number of esters is 2. The summed E-state index contributed by atoms with van der Waals surface area (Å²) in [6.07, 6.45) is 0. The Hall–Kier alpha value is -2.57. The van der Waals surface area contributed by atoms with Gasteiger partial charge in [-0.2, -0.15) is 0 Å². The van der Waals surface area contributed by atoms with Crippen molar-refractivity contribution in [3.05, 3.63) is 29.3 Å². The summed E-state index contributed by atoms with van der Waals surface area (Å²) >= 11 is 0. The van der Waals surface area contributed by atoms with E-state index in [4.69, 9.17) is 9.84 Å². The van der Waals surface area contributed by atoms with Crippen molar-refractivity contribution in [3.63, 3.8) is 0 Å². The second-order valence-electron chi connectivity index (χ2n) is 3.41. The second-order valence-corrected chi connectivity index (χ2v) is 3.41. The lowest BCUT2D eigenvalue weighted by molar-refractivity contribution is -0.139. The number of aliphatic carboxylic acids is 1. The molecular formula is C12H12O7. The minimum Gasteiger partial charge on any atom is -0.482 e. The van der Waals surface area contributed by atoms with Crippen LogP contribution in [0.1, 0.15) is 20.7 Å². The number of hydrogen-bond donors (Lipinski definition) is 1. The van der Waals surface area contributed by atoms with E-state index in [9.17, 15) is 14.4 Å². The second kappa shape index (κ2) is 6.39. The monoisotopic (exact) mass is 268 g/mol. The Morgan fingerprint density at radius 3 is 1.84 bits per heavy atom. The maximum atomic E-state index is 11.4. The summed E-state index contributed by atoms with van der Waals surface area (Å²) in [6.45, 7) is -0.592. The summed E-state index contributed by atoms with van der Waals surface area (Å²) in [5, 5.41) is 8.52. The van der Waals surface area contributed by atoms with Crippen LogP contribution in [0.2, 0.25) is 0 Å². The topological polar surface area (TPSA) is 99.1 Å². The quantitative estimate of drug-likeness (QED) is 0.785. The van der Waals surface area contributed by atoms with Gasteiger partial charge in [0.05, 0.1) is 25.3 Å². The van der Waals surface area contributed by atoms with Crippen LogP contribution >= 0.6 is 0 Å². The van der Waals surface area contributed by atoms with Crippen LogP contribution in [0.3, 0.4) is 0 Å². The first-order valence-corrected chi connectivity index (χ1v) is 5.14. The average Bonchev–Trinajstić information content (AvgIpc) is 2.42. The van der Waals surface area contributed by atoms with Gasteiger partial charge in [0, 0.05) is 0 Å². The molecule has 0 atom stereocenters. The highest BCUT2D eigenvalue weighted by Crippen LogP contribution is 2.19. The van der Waals surface area contributed by atoms with E-state index in [1.165, 1.54) is 32.4 Å². The van der Waals surface area contributed by atoms with E-state index in [-0.39, 0.29) is 16.9 Å². The largest absolute Gasteiger partial charge is 0.482 e. The minimum absolute atomic E-state index is 0.0608. The Morgan fingerprint density at radius 1 is 1.00 bits per heavy atom. The number of methoxy groups -OCH3 is 2. The fraction of sp³-hybridized carbons (Fsp3) is 0.250. The molecule has 7 heteroatoms. The van der Waals surface area contributed by atoms with Crippen molar-refractivity contribution >= 4 is 17.9 Å². The average molecular weight is 268 g/mol. The molecule has 0 saturated heterocycles. The Balaban J connectivity index is 3.12. The maximum Gasteiger partial charge on any atom is 0.341 e. The van der Waals surface area contributed by atoms with Gasteiger partial charge in [0.25, 0.3) is 0 Å². The predicted molar refractivity (Wildman–Crippen MR) is 62.3 cm³/mol. The number of hydrogen-bond acceptors (Lipinski definition) is 6. The normalized spacial score (nSPS) is 9.58. The Kier molecular flexibility index (Phi) is 4.87. The zero-order valence-electron chi connectivity index (χ0n) is 10.3. The molecule has 0 amide bonds. The molecule has 0 radical (unpaired) electrons. The van der Waals surface area contributed by atoms with Crippen LogP contribution in [0.5, 0.6) is 5.75 Å². The molecule has 1 aromatic rings.